The Balaban J connectivity index is 1.81. The average Bonchev–Trinajstić information content (AvgIpc) is 3.24. The first kappa shape index (κ1) is 16.4. The zero-order valence-corrected chi connectivity index (χ0v) is 14.6. The van der Waals surface area contributed by atoms with Crippen LogP contribution in [0.4, 0.5) is 5.13 Å². The number of thiazole rings is 1. The summed E-state index contributed by atoms with van der Waals surface area (Å²) in [4.78, 5) is 18.5. The summed E-state index contributed by atoms with van der Waals surface area (Å²) in [5, 5.41) is 2.66. The highest BCUT2D eigenvalue weighted by atomic mass is 35.5. The van der Waals surface area contributed by atoms with E-state index in [4.69, 9.17) is 16.3 Å². The Morgan fingerprint density at radius 2 is 2.22 bits per heavy atom. The van der Waals surface area contributed by atoms with Crippen molar-refractivity contribution in [3.05, 3.63) is 35.2 Å². The van der Waals surface area contributed by atoms with E-state index in [9.17, 15) is 4.79 Å². The molecular weight excluding hydrogens is 332 g/mol. The number of carbonyl (C=O) groups is 1. The van der Waals surface area contributed by atoms with Gasteiger partial charge in [0.05, 0.1) is 18.3 Å². The predicted molar refractivity (Wildman–Crippen MR) is 94.3 cm³/mol. The smallest absolute Gasteiger partial charge is 0.243 e. The third kappa shape index (κ3) is 3.91. The first-order chi connectivity index (χ1) is 11.2. The van der Waals surface area contributed by atoms with Gasteiger partial charge in [0.15, 0.2) is 5.13 Å². The molecule has 1 amide bonds. The number of aryl methyl sites for hydroxylation is 1. The molecule has 2 aromatic rings. The van der Waals surface area contributed by atoms with Crippen LogP contribution in [0.15, 0.2) is 29.6 Å². The molecule has 1 unspecified atom stereocenters. The lowest BCUT2D eigenvalue weighted by atomic mass is 10.1. The second kappa shape index (κ2) is 7.43. The third-order valence-electron chi connectivity index (χ3n) is 3.90. The van der Waals surface area contributed by atoms with Crippen LogP contribution in [0.3, 0.4) is 0 Å². The quantitative estimate of drug-likeness (QED) is 0.769. The van der Waals surface area contributed by atoms with E-state index in [-0.39, 0.29) is 17.9 Å². The molecule has 0 aliphatic carbocycles. The molecule has 1 aliphatic rings. The topological polar surface area (TPSA) is 42.4 Å². The summed E-state index contributed by atoms with van der Waals surface area (Å²) in [5.74, 6) is -0.182. The van der Waals surface area contributed by atoms with Gasteiger partial charge in [-0.15, -0.1) is 22.9 Å². The highest BCUT2D eigenvalue weighted by molar-refractivity contribution is 7.14. The highest BCUT2D eigenvalue weighted by Crippen LogP contribution is 2.29. The van der Waals surface area contributed by atoms with Gasteiger partial charge in [0.1, 0.15) is 5.88 Å². The molecule has 0 spiro atoms. The Hall–Kier alpha value is -1.43. The first-order valence-corrected chi connectivity index (χ1v) is 9.09. The minimum absolute atomic E-state index is 0.0494. The van der Waals surface area contributed by atoms with Gasteiger partial charge in [0.25, 0.3) is 0 Å². The summed E-state index contributed by atoms with van der Waals surface area (Å²) in [6.45, 7) is 3.34. The monoisotopic (exact) mass is 350 g/mol. The van der Waals surface area contributed by atoms with Crippen molar-refractivity contribution in [2.45, 2.75) is 25.9 Å². The number of nitrogens with zero attached hydrogens (tertiary/aromatic N) is 2. The van der Waals surface area contributed by atoms with Gasteiger partial charge in [0.2, 0.25) is 5.91 Å². The van der Waals surface area contributed by atoms with Gasteiger partial charge in [0, 0.05) is 17.6 Å². The number of halogens is 1. The molecule has 1 fully saturated rings. The van der Waals surface area contributed by atoms with Crippen LogP contribution in [0.25, 0.3) is 11.3 Å². The third-order valence-corrected chi connectivity index (χ3v) is 4.99. The van der Waals surface area contributed by atoms with Crippen LogP contribution in [0, 0.1) is 6.92 Å². The highest BCUT2D eigenvalue weighted by Gasteiger charge is 2.25. The fourth-order valence-electron chi connectivity index (χ4n) is 2.60. The molecule has 0 bridgehead atoms. The summed E-state index contributed by atoms with van der Waals surface area (Å²) in [6, 6.07) is 8.20. The summed E-state index contributed by atoms with van der Waals surface area (Å²) in [7, 11) is 0. The van der Waals surface area contributed by atoms with E-state index in [1.807, 2.05) is 17.5 Å². The molecule has 1 aromatic heterocycles. The van der Waals surface area contributed by atoms with Crippen molar-refractivity contribution in [3.63, 3.8) is 0 Å². The fraction of sp³-hybridized carbons (Fsp3) is 0.412. The number of hydrogen-bond donors (Lipinski definition) is 0. The number of ether oxygens (including phenoxy) is 1. The number of benzene rings is 1. The van der Waals surface area contributed by atoms with Gasteiger partial charge in [-0.2, -0.15) is 0 Å². The predicted octanol–water partition coefficient (Wildman–Crippen LogP) is 3.87. The van der Waals surface area contributed by atoms with Crippen molar-refractivity contribution < 1.29 is 9.53 Å². The lowest BCUT2D eigenvalue weighted by molar-refractivity contribution is -0.116. The largest absolute Gasteiger partial charge is 0.376 e. The van der Waals surface area contributed by atoms with E-state index in [2.05, 4.69) is 24.0 Å². The molecule has 1 aromatic carbocycles. The Morgan fingerprint density at radius 3 is 2.87 bits per heavy atom. The number of amides is 1. The fourth-order valence-corrected chi connectivity index (χ4v) is 3.60. The minimum atomic E-state index is -0.132. The molecule has 1 aliphatic heterocycles. The Labute approximate surface area is 145 Å². The van der Waals surface area contributed by atoms with Crippen molar-refractivity contribution in [2.75, 3.05) is 23.9 Å². The summed E-state index contributed by atoms with van der Waals surface area (Å²) in [5.41, 5.74) is 3.14. The van der Waals surface area contributed by atoms with Crippen LogP contribution in [0.2, 0.25) is 0 Å². The van der Waals surface area contributed by atoms with Gasteiger partial charge in [-0.1, -0.05) is 29.8 Å². The average molecular weight is 351 g/mol. The van der Waals surface area contributed by atoms with Crippen LogP contribution >= 0.6 is 22.9 Å². The number of rotatable bonds is 5. The SMILES string of the molecule is Cc1ccc(-c2csc(N(CC3CCCO3)C(=O)CCl)n2)cc1. The maximum absolute atomic E-state index is 12.2. The van der Waals surface area contributed by atoms with E-state index in [0.29, 0.717) is 11.7 Å². The maximum atomic E-state index is 12.2. The molecule has 1 saturated heterocycles. The van der Waals surface area contributed by atoms with Crippen LogP contribution < -0.4 is 4.90 Å². The van der Waals surface area contributed by atoms with E-state index >= 15 is 0 Å². The van der Waals surface area contributed by atoms with Gasteiger partial charge in [-0.05, 0) is 19.8 Å². The van der Waals surface area contributed by atoms with Crippen LogP contribution in [-0.4, -0.2) is 36.0 Å². The zero-order valence-electron chi connectivity index (χ0n) is 13.0. The van der Waals surface area contributed by atoms with E-state index < -0.39 is 0 Å². The molecule has 3 rings (SSSR count). The number of anilines is 1. The summed E-state index contributed by atoms with van der Waals surface area (Å²) in [6.07, 6.45) is 2.09. The lowest BCUT2D eigenvalue weighted by Gasteiger charge is -2.22. The molecule has 0 saturated carbocycles. The second-order valence-electron chi connectivity index (χ2n) is 5.65. The van der Waals surface area contributed by atoms with Gasteiger partial charge in [-0.3, -0.25) is 9.69 Å². The summed E-state index contributed by atoms with van der Waals surface area (Å²) < 4.78 is 5.64. The van der Waals surface area contributed by atoms with Crippen LogP contribution in [0.5, 0.6) is 0 Å². The number of aromatic nitrogens is 1. The second-order valence-corrected chi connectivity index (χ2v) is 6.76. The number of alkyl halides is 1. The summed E-state index contributed by atoms with van der Waals surface area (Å²) >= 11 is 7.23. The molecule has 0 N–H and O–H groups in total. The minimum Gasteiger partial charge on any atom is -0.376 e. The van der Waals surface area contributed by atoms with E-state index in [0.717, 1.165) is 30.7 Å². The lowest BCUT2D eigenvalue weighted by Crippen LogP contribution is -2.38. The van der Waals surface area contributed by atoms with Crippen molar-refractivity contribution in [1.82, 2.24) is 4.98 Å². The molecule has 23 heavy (non-hydrogen) atoms. The maximum Gasteiger partial charge on any atom is 0.243 e. The Morgan fingerprint density at radius 1 is 1.43 bits per heavy atom. The molecule has 6 heteroatoms. The van der Waals surface area contributed by atoms with Crippen molar-refractivity contribution in [1.29, 1.82) is 0 Å². The van der Waals surface area contributed by atoms with Crippen LogP contribution in [0.1, 0.15) is 18.4 Å². The van der Waals surface area contributed by atoms with Crippen molar-refractivity contribution in [2.24, 2.45) is 0 Å². The van der Waals surface area contributed by atoms with Crippen LogP contribution in [-0.2, 0) is 9.53 Å². The molecule has 0 radical (unpaired) electrons. The van der Waals surface area contributed by atoms with E-state index in [1.165, 1.54) is 16.9 Å². The normalized spacial score (nSPS) is 17.4. The Bertz CT molecular complexity index is 665. The standard InChI is InChI=1S/C17H19ClN2O2S/c1-12-4-6-13(7-5-12)15-11-23-17(19-15)20(16(21)9-18)10-14-3-2-8-22-14/h4-7,11,14H,2-3,8-10H2,1H3. The molecule has 2 heterocycles. The molecular formula is C17H19ClN2O2S. The van der Waals surface area contributed by atoms with Gasteiger partial charge in [-0.25, -0.2) is 4.98 Å². The van der Waals surface area contributed by atoms with Gasteiger partial charge >= 0.3 is 0 Å². The molecule has 4 nitrogen and oxygen atoms in total. The molecule has 122 valence electrons. The zero-order chi connectivity index (χ0) is 16.2. The van der Waals surface area contributed by atoms with E-state index in [1.54, 1.807) is 4.90 Å². The number of carbonyl (C=O) groups excluding carboxylic acids is 1. The first-order valence-electron chi connectivity index (χ1n) is 7.68. The number of hydrogen-bond acceptors (Lipinski definition) is 4. The van der Waals surface area contributed by atoms with Gasteiger partial charge < -0.3 is 4.74 Å². The Kier molecular flexibility index (Phi) is 5.30. The van der Waals surface area contributed by atoms with Crippen molar-refractivity contribution in [3.8, 4) is 11.3 Å². The van der Waals surface area contributed by atoms with Crippen molar-refractivity contribution >= 4 is 34.0 Å². The molecule has 1 atom stereocenters.